The highest BCUT2D eigenvalue weighted by molar-refractivity contribution is 7.91. The average Bonchev–Trinajstić information content (AvgIpc) is 2.67. The van der Waals surface area contributed by atoms with Crippen molar-refractivity contribution in [2.45, 2.75) is 17.7 Å². The summed E-state index contributed by atoms with van der Waals surface area (Å²) in [4.78, 5) is 23.6. The van der Waals surface area contributed by atoms with Gasteiger partial charge in [0.15, 0.2) is 9.84 Å². The molecule has 194 valence electrons. The molecule has 18 heteroatoms. The smallest absolute Gasteiger partial charge is 0.283 e. The van der Waals surface area contributed by atoms with Gasteiger partial charge in [-0.2, -0.15) is 16.8 Å². The molecule has 0 atom stereocenters. The van der Waals surface area contributed by atoms with Crippen LogP contribution in [0.5, 0.6) is 0 Å². The summed E-state index contributed by atoms with van der Waals surface area (Å²) in [6.45, 7) is -1.26. The Balaban J connectivity index is 3.65. The van der Waals surface area contributed by atoms with Gasteiger partial charge in [0.2, 0.25) is 0 Å². The molecule has 0 unspecified atom stereocenters. The highest BCUT2D eigenvalue weighted by atomic mass is 32.2. The molecule has 0 spiro atoms. The maximum absolute atomic E-state index is 12.4. The van der Waals surface area contributed by atoms with Gasteiger partial charge in [0.1, 0.15) is 5.56 Å². The number of hydrogen-bond donors (Lipinski definition) is 4. The number of nitro benzene ring substituents is 1. The standard InChI is InChI=1S/C16H25N3O12S3/c1-32(24,25)15-11-13(19(22)23)12(16(21)17-4-7-20)10-14(15)18(5-2-8-33(26,27)28)6-3-9-34(29,30)31/h10-11,20H,2-9H2,1H3,(H,17,21)(H,26,27,28)(H,29,30,31). The van der Waals surface area contributed by atoms with Crippen molar-refractivity contribution in [1.29, 1.82) is 0 Å². The van der Waals surface area contributed by atoms with Crippen LogP contribution in [0.15, 0.2) is 17.0 Å². The van der Waals surface area contributed by atoms with Crippen LogP contribution in [0.3, 0.4) is 0 Å². The number of carbonyl (C=O) groups excluding carboxylic acids is 1. The average molecular weight is 548 g/mol. The van der Waals surface area contributed by atoms with E-state index in [4.69, 9.17) is 14.2 Å². The Labute approximate surface area is 196 Å². The molecule has 0 aromatic heterocycles. The molecule has 0 bridgehead atoms. The van der Waals surface area contributed by atoms with Crippen LogP contribution in [0.2, 0.25) is 0 Å². The minimum absolute atomic E-state index is 0.253. The van der Waals surface area contributed by atoms with E-state index in [9.17, 15) is 40.2 Å². The first-order valence-electron chi connectivity index (χ1n) is 9.53. The van der Waals surface area contributed by atoms with Crippen molar-refractivity contribution < 1.29 is 49.2 Å². The topological polar surface area (TPSA) is 239 Å². The van der Waals surface area contributed by atoms with Crippen molar-refractivity contribution in [2.24, 2.45) is 0 Å². The molecule has 0 saturated carbocycles. The molecule has 15 nitrogen and oxygen atoms in total. The van der Waals surface area contributed by atoms with Gasteiger partial charge in [0, 0.05) is 32.0 Å². The molecule has 0 aliphatic heterocycles. The van der Waals surface area contributed by atoms with Crippen LogP contribution in [-0.2, 0) is 30.1 Å². The number of aliphatic hydroxyl groups excluding tert-OH is 1. The molecule has 0 heterocycles. The SMILES string of the molecule is CS(=O)(=O)c1cc([N+](=O)[O-])c(C(=O)NCCO)cc1N(CCCS(=O)(=O)O)CCCS(=O)(=O)O. The van der Waals surface area contributed by atoms with Crippen molar-refractivity contribution >= 4 is 47.4 Å². The summed E-state index contributed by atoms with van der Waals surface area (Å²) in [5, 5.41) is 22.6. The molecule has 1 aromatic carbocycles. The molecule has 0 saturated heterocycles. The number of carbonyl (C=O) groups is 1. The predicted octanol–water partition coefficient (Wildman–Crippen LogP) is -0.917. The lowest BCUT2D eigenvalue weighted by atomic mass is 10.1. The minimum Gasteiger partial charge on any atom is -0.395 e. The van der Waals surface area contributed by atoms with Gasteiger partial charge in [0.05, 0.1) is 33.6 Å². The largest absolute Gasteiger partial charge is 0.395 e. The number of rotatable bonds is 14. The lowest BCUT2D eigenvalue weighted by Crippen LogP contribution is -2.31. The number of hydrogen-bond acceptors (Lipinski definition) is 11. The molecule has 0 fully saturated rings. The van der Waals surface area contributed by atoms with Gasteiger partial charge in [-0.25, -0.2) is 8.42 Å². The molecule has 0 aliphatic rings. The predicted molar refractivity (Wildman–Crippen MR) is 120 cm³/mol. The van der Waals surface area contributed by atoms with Gasteiger partial charge in [-0.3, -0.25) is 24.0 Å². The van der Waals surface area contributed by atoms with Crippen molar-refractivity contribution in [1.82, 2.24) is 5.32 Å². The molecule has 4 N–H and O–H groups in total. The van der Waals surface area contributed by atoms with E-state index in [1.54, 1.807) is 0 Å². The molecule has 1 aromatic rings. The van der Waals surface area contributed by atoms with Crippen LogP contribution in [0.1, 0.15) is 23.2 Å². The fourth-order valence-electron chi connectivity index (χ4n) is 2.93. The van der Waals surface area contributed by atoms with Gasteiger partial charge in [0.25, 0.3) is 31.8 Å². The Kier molecular flexibility index (Phi) is 10.3. The fourth-order valence-corrected chi connectivity index (χ4v) is 4.81. The van der Waals surface area contributed by atoms with Crippen molar-refractivity contribution in [3.8, 4) is 0 Å². The molecular weight excluding hydrogens is 522 g/mol. The molecule has 1 amide bonds. The van der Waals surface area contributed by atoms with Crippen LogP contribution in [-0.4, -0.2) is 94.3 Å². The second-order valence-corrected chi connectivity index (χ2v) is 12.2. The first-order valence-corrected chi connectivity index (χ1v) is 14.6. The van der Waals surface area contributed by atoms with Crippen LogP contribution >= 0.6 is 0 Å². The Bertz CT molecular complexity index is 1190. The zero-order chi connectivity index (χ0) is 26.3. The number of anilines is 1. The van der Waals surface area contributed by atoms with E-state index >= 15 is 0 Å². The highest BCUT2D eigenvalue weighted by Crippen LogP contribution is 2.33. The number of amides is 1. The summed E-state index contributed by atoms with van der Waals surface area (Å²) in [6.07, 6.45) is 0.240. The van der Waals surface area contributed by atoms with Gasteiger partial charge >= 0.3 is 0 Å². The van der Waals surface area contributed by atoms with E-state index in [2.05, 4.69) is 5.32 Å². The first-order chi connectivity index (χ1) is 15.5. The maximum atomic E-state index is 12.4. The molecule has 34 heavy (non-hydrogen) atoms. The summed E-state index contributed by atoms with van der Waals surface area (Å²) >= 11 is 0. The first kappa shape index (κ1) is 29.7. The number of sulfone groups is 1. The highest BCUT2D eigenvalue weighted by Gasteiger charge is 2.29. The van der Waals surface area contributed by atoms with Crippen molar-refractivity contribution in [3.63, 3.8) is 0 Å². The Morgan fingerprint density at radius 3 is 1.91 bits per heavy atom. The van der Waals surface area contributed by atoms with E-state index in [1.807, 2.05) is 0 Å². The summed E-state index contributed by atoms with van der Waals surface area (Å²) < 4.78 is 87.0. The third-order valence-electron chi connectivity index (χ3n) is 4.32. The number of nitrogens with one attached hydrogen (secondary N) is 1. The second-order valence-electron chi connectivity index (χ2n) is 7.11. The fraction of sp³-hybridized carbons (Fsp3) is 0.562. The molecule has 1 rings (SSSR count). The van der Waals surface area contributed by atoms with Crippen molar-refractivity contribution in [2.75, 3.05) is 48.9 Å². The Morgan fingerprint density at radius 2 is 1.53 bits per heavy atom. The minimum atomic E-state index is -4.39. The van der Waals surface area contributed by atoms with E-state index in [-0.39, 0.29) is 38.2 Å². The molecule has 0 radical (unpaired) electrons. The van der Waals surface area contributed by atoms with Crippen molar-refractivity contribution in [3.05, 3.63) is 27.8 Å². The van der Waals surface area contributed by atoms with Crippen LogP contribution < -0.4 is 10.2 Å². The molecule has 0 aliphatic carbocycles. The Hall–Kier alpha value is -2.38. The maximum Gasteiger partial charge on any atom is 0.283 e. The zero-order valence-corrected chi connectivity index (χ0v) is 20.4. The van der Waals surface area contributed by atoms with Gasteiger partial charge in [-0.05, 0) is 18.9 Å². The lowest BCUT2D eigenvalue weighted by molar-refractivity contribution is -0.385. The normalized spacial score (nSPS) is 12.4. The lowest BCUT2D eigenvalue weighted by Gasteiger charge is -2.27. The Morgan fingerprint density at radius 1 is 1.03 bits per heavy atom. The number of nitrogens with zero attached hydrogens (tertiary/aromatic N) is 2. The van der Waals surface area contributed by atoms with Crippen LogP contribution in [0, 0.1) is 10.1 Å². The van der Waals surface area contributed by atoms with E-state index in [1.165, 1.54) is 4.90 Å². The van der Waals surface area contributed by atoms with Crippen LogP contribution in [0.25, 0.3) is 0 Å². The quantitative estimate of drug-likeness (QED) is 0.125. The number of nitro groups is 1. The van der Waals surface area contributed by atoms with E-state index in [0.29, 0.717) is 6.07 Å². The molecular formula is C16H25N3O12S3. The summed E-state index contributed by atoms with van der Waals surface area (Å²) in [7, 11) is -12.9. The number of aliphatic hydroxyl groups is 1. The van der Waals surface area contributed by atoms with Gasteiger partial charge < -0.3 is 15.3 Å². The third kappa shape index (κ3) is 9.85. The van der Waals surface area contributed by atoms with Gasteiger partial charge in [-0.15, -0.1) is 0 Å². The van der Waals surface area contributed by atoms with Gasteiger partial charge in [-0.1, -0.05) is 0 Å². The second kappa shape index (κ2) is 11.8. The summed E-state index contributed by atoms with van der Waals surface area (Å²) in [6, 6.07) is 1.54. The summed E-state index contributed by atoms with van der Waals surface area (Å²) in [5.74, 6) is -2.46. The third-order valence-corrected chi connectivity index (χ3v) is 7.05. The van der Waals surface area contributed by atoms with E-state index < -0.39 is 75.2 Å². The summed E-state index contributed by atoms with van der Waals surface area (Å²) in [5.41, 5.74) is -1.67. The van der Waals surface area contributed by atoms with E-state index in [0.717, 1.165) is 12.3 Å². The monoisotopic (exact) mass is 547 g/mol. The number of benzene rings is 1. The zero-order valence-electron chi connectivity index (χ0n) is 17.9. The van der Waals surface area contributed by atoms with Crippen LogP contribution in [0.4, 0.5) is 11.4 Å².